The minimum Gasteiger partial charge on any atom is -0.455 e. The quantitative estimate of drug-likeness (QED) is 0.169. The zero-order valence-corrected chi connectivity index (χ0v) is 32.4. The Morgan fingerprint density at radius 1 is 0.582 bits per heavy atom. The molecule has 4 atom stereocenters. The molecular weight excluding hydrogens is 667 g/mol. The van der Waals surface area contributed by atoms with Crippen molar-refractivity contribution in [1.29, 1.82) is 0 Å². The predicted octanol–water partition coefficient (Wildman–Crippen LogP) is 13.8. The van der Waals surface area contributed by atoms with Crippen LogP contribution in [0.15, 0.2) is 179 Å². The van der Waals surface area contributed by atoms with Crippen molar-refractivity contribution >= 4 is 33.3 Å². The maximum Gasteiger partial charge on any atom is 0.143 e. The molecule has 0 fully saturated rings. The second-order valence-corrected chi connectivity index (χ2v) is 17.4. The first kappa shape index (κ1) is 32.6. The highest BCUT2D eigenvalue weighted by molar-refractivity contribution is 6.10. The van der Waals surface area contributed by atoms with Crippen LogP contribution in [0, 0.1) is 5.92 Å². The zero-order valence-electron chi connectivity index (χ0n) is 32.4. The first-order valence-electron chi connectivity index (χ1n) is 19.9. The Balaban J connectivity index is 1.24. The lowest BCUT2D eigenvalue weighted by Gasteiger charge is -2.60. The van der Waals surface area contributed by atoms with E-state index in [9.17, 15) is 0 Å². The van der Waals surface area contributed by atoms with Crippen molar-refractivity contribution < 1.29 is 4.42 Å². The van der Waals surface area contributed by atoms with Gasteiger partial charge in [-0.3, -0.25) is 0 Å². The van der Waals surface area contributed by atoms with E-state index in [1.165, 1.54) is 66.9 Å². The van der Waals surface area contributed by atoms with E-state index in [4.69, 9.17) is 4.42 Å². The maximum absolute atomic E-state index is 6.74. The van der Waals surface area contributed by atoms with Crippen molar-refractivity contribution in [3.8, 4) is 22.3 Å². The van der Waals surface area contributed by atoms with Crippen LogP contribution in [0.1, 0.15) is 58.2 Å². The summed E-state index contributed by atoms with van der Waals surface area (Å²) in [7, 11) is 0. The molecule has 4 aliphatic rings. The summed E-state index contributed by atoms with van der Waals surface area (Å²) in [5.41, 5.74) is 16.8. The summed E-state index contributed by atoms with van der Waals surface area (Å²) < 4.78 is 6.74. The average Bonchev–Trinajstić information content (AvgIpc) is 3.68. The highest BCUT2D eigenvalue weighted by atomic mass is 16.3. The van der Waals surface area contributed by atoms with Crippen molar-refractivity contribution in [2.24, 2.45) is 5.92 Å². The van der Waals surface area contributed by atoms with Gasteiger partial charge in [-0.1, -0.05) is 154 Å². The summed E-state index contributed by atoms with van der Waals surface area (Å²) in [5, 5.41) is 2.33. The van der Waals surface area contributed by atoms with E-state index in [-0.39, 0.29) is 22.2 Å². The van der Waals surface area contributed by atoms with Crippen molar-refractivity contribution in [3.05, 3.63) is 191 Å². The predicted molar refractivity (Wildman–Crippen MR) is 229 cm³/mol. The van der Waals surface area contributed by atoms with Gasteiger partial charge in [-0.2, -0.15) is 0 Å². The summed E-state index contributed by atoms with van der Waals surface area (Å²) in [5.74, 6) is 0.243. The standard InChI is InChI=1S/C53H45NO/c1-33-32-44-50(2,3)46-39(41-22-15-21-40-38-20-13-14-23-43(38)55-48(40)41)28-29-42-47(46)53(44,6)49-45(33)51(4,36-18-11-8-12-19-36)30-31-52(49,5)54(42)37-26-24-35(25-27-37)34-16-9-7-10-17-34/h7-33H,1-6H3. The number of hydrogen-bond donors (Lipinski definition) is 0. The van der Waals surface area contributed by atoms with Gasteiger partial charge >= 0.3 is 0 Å². The van der Waals surface area contributed by atoms with Crippen LogP contribution in [0.4, 0.5) is 11.4 Å². The highest BCUT2D eigenvalue weighted by Gasteiger charge is 2.65. The molecule has 0 amide bonds. The van der Waals surface area contributed by atoms with E-state index in [0.717, 1.165) is 22.1 Å². The second kappa shape index (κ2) is 10.9. The molecule has 0 saturated carbocycles. The molecule has 2 heterocycles. The lowest BCUT2D eigenvalue weighted by Crippen LogP contribution is -2.58. The van der Waals surface area contributed by atoms with Crippen LogP contribution in [0.5, 0.6) is 0 Å². The topological polar surface area (TPSA) is 16.4 Å². The Kier molecular flexibility index (Phi) is 6.44. The molecule has 1 aliphatic heterocycles. The first-order valence-corrected chi connectivity index (χ1v) is 19.9. The Morgan fingerprint density at radius 3 is 2.02 bits per heavy atom. The fourth-order valence-electron chi connectivity index (χ4n) is 11.8. The van der Waals surface area contributed by atoms with E-state index in [0.29, 0.717) is 0 Å². The summed E-state index contributed by atoms with van der Waals surface area (Å²) in [6, 6.07) is 51.1. The number of para-hydroxylation sites is 2. The molecule has 0 radical (unpaired) electrons. The van der Waals surface area contributed by atoms with Crippen LogP contribution in [0.25, 0.3) is 44.2 Å². The Morgan fingerprint density at radius 2 is 1.25 bits per heavy atom. The van der Waals surface area contributed by atoms with Gasteiger partial charge < -0.3 is 9.32 Å². The van der Waals surface area contributed by atoms with Gasteiger partial charge in [0, 0.05) is 44.0 Å². The number of nitrogens with zero attached hydrogens (tertiary/aromatic N) is 1. The minimum absolute atomic E-state index is 0.241. The van der Waals surface area contributed by atoms with E-state index < -0.39 is 5.54 Å². The lowest BCUT2D eigenvalue weighted by atomic mass is 9.50. The number of benzene rings is 6. The molecule has 3 aliphatic carbocycles. The van der Waals surface area contributed by atoms with Gasteiger partial charge in [0.2, 0.25) is 0 Å². The summed E-state index contributed by atoms with van der Waals surface area (Å²) in [4.78, 5) is 2.67. The molecule has 268 valence electrons. The molecular formula is C53H45NO. The Hall–Kier alpha value is -5.86. The van der Waals surface area contributed by atoms with Gasteiger partial charge in [-0.15, -0.1) is 0 Å². The van der Waals surface area contributed by atoms with Gasteiger partial charge in [-0.25, -0.2) is 0 Å². The van der Waals surface area contributed by atoms with Crippen LogP contribution in [-0.4, -0.2) is 5.54 Å². The molecule has 1 aromatic heterocycles. The van der Waals surface area contributed by atoms with Crippen LogP contribution in [0.2, 0.25) is 0 Å². The Labute approximate surface area is 324 Å². The molecule has 4 unspecified atom stereocenters. The third kappa shape index (κ3) is 4.05. The van der Waals surface area contributed by atoms with Crippen LogP contribution in [0.3, 0.4) is 0 Å². The van der Waals surface area contributed by atoms with Crippen molar-refractivity contribution in [2.45, 2.75) is 63.3 Å². The fraction of sp³-hybridized carbons (Fsp3) is 0.208. The molecule has 11 rings (SSSR count). The van der Waals surface area contributed by atoms with Gasteiger partial charge in [0.1, 0.15) is 11.2 Å². The molecule has 2 heteroatoms. The van der Waals surface area contributed by atoms with Gasteiger partial charge in [-0.05, 0) is 101 Å². The third-order valence-corrected chi connectivity index (χ3v) is 14.0. The van der Waals surface area contributed by atoms with Gasteiger partial charge in [0.05, 0.1) is 5.54 Å². The molecule has 0 saturated heterocycles. The number of rotatable bonds is 4. The van der Waals surface area contributed by atoms with Crippen molar-refractivity contribution in [1.82, 2.24) is 0 Å². The molecule has 0 N–H and O–H groups in total. The normalized spacial score (nSPS) is 25.7. The zero-order chi connectivity index (χ0) is 37.5. The molecule has 6 aromatic carbocycles. The SMILES string of the molecule is CC1C=C2C(C)(C)c3c(-c4cccc5c4oc4ccccc45)ccc4c3C2(C)C2=C1C(C)(c1ccccc1)C=CC2(C)N4c1ccc(-c2ccccc2)cc1. The van der Waals surface area contributed by atoms with Gasteiger partial charge in [0.25, 0.3) is 0 Å². The summed E-state index contributed by atoms with van der Waals surface area (Å²) in [6.45, 7) is 14.9. The Bertz CT molecular complexity index is 2830. The van der Waals surface area contributed by atoms with E-state index >= 15 is 0 Å². The van der Waals surface area contributed by atoms with E-state index in [1.807, 2.05) is 0 Å². The van der Waals surface area contributed by atoms with Crippen LogP contribution in [-0.2, 0) is 16.2 Å². The summed E-state index contributed by atoms with van der Waals surface area (Å²) >= 11 is 0. The highest BCUT2D eigenvalue weighted by Crippen LogP contribution is 2.72. The monoisotopic (exact) mass is 711 g/mol. The fourth-order valence-corrected chi connectivity index (χ4v) is 11.8. The second-order valence-electron chi connectivity index (χ2n) is 17.4. The largest absolute Gasteiger partial charge is 0.455 e. The lowest BCUT2D eigenvalue weighted by molar-refractivity contribution is 0.417. The van der Waals surface area contributed by atoms with Crippen molar-refractivity contribution in [3.63, 3.8) is 0 Å². The number of hydrogen-bond acceptors (Lipinski definition) is 2. The molecule has 2 nitrogen and oxygen atoms in total. The average molecular weight is 712 g/mol. The van der Waals surface area contributed by atoms with Gasteiger partial charge in [0.15, 0.2) is 0 Å². The maximum atomic E-state index is 6.74. The molecule has 55 heavy (non-hydrogen) atoms. The summed E-state index contributed by atoms with van der Waals surface area (Å²) in [6.07, 6.45) is 7.72. The van der Waals surface area contributed by atoms with E-state index in [2.05, 4.69) is 204 Å². The van der Waals surface area contributed by atoms with Crippen LogP contribution >= 0.6 is 0 Å². The molecule has 0 bridgehead atoms. The minimum atomic E-state index is -0.411. The smallest absolute Gasteiger partial charge is 0.143 e. The third-order valence-electron chi connectivity index (χ3n) is 14.0. The number of anilines is 2. The van der Waals surface area contributed by atoms with Crippen LogP contribution < -0.4 is 4.90 Å². The number of allylic oxidation sites excluding steroid dienone is 4. The first-order chi connectivity index (χ1) is 26.6. The van der Waals surface area contributed by atoms with Crippen molar-refractivity contribution in [2.75, 3.05) is 4.90 Å². The van der Waals surface area contributed by atoms with E-state index in [1.54, 1.807) is 0 Å². The molecule has 0 spiro atoms. The number of furan rings is 1. The number of fused-ring (bicyclic) bond motifs is 3. The molecule has 7 aromatic rings.